The monoisotopic (exact) mass is 478 g/mol. The molecule has 1 aromatic rings. The number of hydrogen-bond donors (Lipinski definition) is 3. The minimum Gasteiger partial charge on any atom is -0.477 e. The van der Waals surface area contributed by atoms with Crippen LogP contribution in [-0.4, -0.2) is 69.5 Å². The molecule has 0 unspecified atom stereocenters. The molecular weight excluding hydrogens is 456 g/mol. The molecule has 2 atom stereocenters. The molecule has 0 radical (unpaired) electrons. The highest BCUT2D eigenvalue weighted by atomic mass is 32.2. The van der Waals surface area contributed by atoms with Crippen molar-refractivity contribution in [1.82, 2.24) is 10.2 Å². The maximum Gasteiger partial charge on any atom is 0.404 e. The van der Waals surface area contributed by atoms with Gasteiger partial charge < -0.3 is 30.1 Å². The van der Waals surface area contributed by atoms with Gasteiger partial charge in [0.2, 0.25) is 5.71 Å². The van der Waals surface area contributed by atoms with E-state index in [1.54, 1.807) is 12.1 Å². The standard InChI is InChI=1S/C20H22N4O8S/c21-20(29)31-8-10-9-33-18-14(17(26)24(18)15(10)19(27)28)22-16(25)13(12-6-3-7-30-12)23-32-11-4-1-2-5-11/h3,6-7,11,14,18H,1-2,4-5,8-9H2,(H2,21,29)(H,22,25)(H,27,28)/t14-,18-/m1/s1. The van der Waals surface area contributed by atoms with Gasteiger partial charge in [-0.1, -0.05) is 5.16 Å². The summed E-state index contributed by atoms with van der Waals surface area (Å²) in [5, 5.41) is 15.6. The SMILES string of the molecule is NC(=O)OCC1=C(C(=O)O)N2C(=O)[C@@H](NC(=O)C(=NOC3CCCC3)c3ccco3)[C@H]2SC1. The first kappa shape index (κ1) is 22.7. The number of nitrogens with zero attached hydrogens (tertiary/aromatic N) is 2. The molecular formula is C20H22N4O8S. The molecule has 3 heterocycles. The number of amides is 3. The first-order valence-corrected chi connectivity index (χ1v) is 11.3. The summed E-state index contributed by atoms with van der Waals surface area (Å²) in [4.78, 5) is 55.0. The number of ether oxygens (including phenoxy) is 1. The highest BCUT2D eigenvalue weighted by molar-refractivity contribution is 8.00. The normalized spacial score (nSPS) is 23.1. The van der Waals surface area contributed by atoms with Gasteiger partial charge in [-0.15, -0.1) is 11.8 Å². The smallest absolute Gasteiger partial charge is 0.404 e. The van der Waals surface area contributed by atoms with Crippen molar-refractivity contribution in [2.75, 3.05) is 12.4 Å². The van der Waals surface area contributed by atoms with Crippen molar-refractivity contribution < 1.29 is 38.3 Å². The third-order valence-electron chi connectivity index (χ3n) is 5.49. The van der Waals surface area contributed by atoms with E-state index in [9.17, 15) is 24.3 Å². The van der Waals surface area contributed by atoms with Gasteiger partial charge in [0.05, 0.1) is 6.26 Å². The van der Waals surface area contributed by atoms with Crippen LogP contribution in [-0.2, 0) is 24.0 Å². The number of fused-ring (bicyclic) bond motifs is 1. The number of carboxylic acid groups (broad SMARTS) is 1. The molecule has 33 heavy (non-hydrogen) atoms. The third kappa shape index (κ3) is 4.67. The van der Waals surface area contributed by atoms with Crippen LogP contribution in [0.2, 0.25) is 0 Å². The minimum absolute atomic E-state index is 0.0817. The zero-order valence-corrected chi connectivity index (χ0v) is 18.2. The number of hydrogen-bond acceptors (Lipinski definition) is 9. The van der Waals surface area contributed by atoms with Gasteiger partial charge in [0.15, 0.2) is 5.76 Å². The predicted molar refractivity (Wildman–Crippen MR) is 114 cm³/mol. The van der Waals surface area contributed by atoms with Crippen molar-refractivity contribution >= 4 is 41.4 Å². The molecule has 13 heteroatoms. The summed E-state index contributed by atoms with van der Waals surface area (Å²) in [5.41, 5.74) is 4.80. The number of aliphatic carboxylic acids is 1. The number of oxime groups is 1. The van der Waals surface area contributed by atoms with E-state index in [-0.39, 0.29) is 41.2 Å². The molecule has 3 amide bonds. The fourth-order valence-electron chi connectivity index (χ4n) is 3.89. The van der Waals surface area contributed by atoms with E-state index in [4.69, 9.17) is 19.7 Å². The molecule has 0 aromatic carbocycles. The van der Waals surface area contributed by atoms with E-state index >= 15 is 0 Å². The van der Waals surface area contributed by atoms with Crippen LogP contribution in [0.5, 0.6) is 0 Å². The molecule has 1 aliphatic carbocycles. The number of furan rings is 1. The van der Waals surface area contributed by atoms with E-state index in [0.29, 0.717) is 0 Å². The zero-order valence-electron chi connectivity index (χ0n) is 17.4. The summed E-state index contributed by atoms with van der Waals surface area (Å²) in [5.74, 6) is -2.26. The number of β-lactam (4-membered cyclic amide) rings is 1. The van der Waals surface area contributed by atoms with Crippen molar-refractivity contribution in [3.8, 4) is 0 Å². The van der Waals surface area contributed by atoms with E-state index in [1.807, 2.05) is 0 Å². The molecule has 12 nitrogen and oxygen atoms in total. The topological polar surface area (TPSA) is 174 Å². The van der Waals surface area contributed by atoms with Crippen molar-refractivity contribution in [2.45, 2.75) is 43.2 Å². The fraction of sp³-hybridized carbons (Fsp3) is 0.450. The van der Waals surface area contributed by atoms with Crippen LogP contribution in [0.1, 0.15) is 31.4 Å². The molecule has 0 spiro atoms. The predicted octanol–water partition coefficient (Wildman–Crippen LogP) is 0.777. The van der Waals surface area contributed by atoms with Crippen LogP contribution in [0.15, 0.2) is 39.2 Å². The van der Waals surface area contributed by atoms with Crippen molar-refractivity contribution in [3.63, 3.8) is 0 Å². The van der Waals surface area contributed by atoms with Crippen molar-refractivity contribution in [3.05, 3.63) is 35.4 Å². The number of carboxylic acids is 1. The Hall–Kier alpha value is -3.48. The summed E-state index contributed by atoms with van der Waals surface area (Å²) >= 11 is 1.23. The van der Waals surface area contributed by atoms with E-state index in [2.05, 4.69) is 10.5 Å². The lowest BCUT2D eigenvalue weighted by Gasteiger charge is -2.49. The van der Waals surface area contributed by atoms with Gasteiger partial charge in [-0.3, -0.25) is 14.5 Å². The second-order valence-corrected chi connectivity index (χ2v) is 8.76. The van der Waals surface area contributed by atoms with Crippen LogP contribution >= 0.6 is 11.8 Å². The van der Waals surface area contributed by atoms with Crippen LogP contribution < -0.4 is 11.1 Å². The largest absolute Gasteiger partial charge is 0.477 e. The Morgan fingerprint density at radius 3 is 2.73 bits per heavy atom. The van der Waals surface area contributed by atoms with Crippen molar-refractivity contribution in [2.24, 2.45) is 10.9 Å². The van der Waals surface area contributed by atoms with Gasteiger partial charge in [0.1, 0.15) is 29.8 Å². The highest BCUT2D eigenvalue weighted by Gasteiger charge is 2.54. The number of primary amides is 1. The lowest BCUT2D eigenvalue weighted by Crippen LogP contribution is -2.71. The maximum absolute atomic E-state index is 13.0. The quantitative estimate of drug-likeness (QED) is 0.277. The van der Waals surface area contributed by atoms with Crippen LogP contribution in [0, 0.1) is 0 Å². The summed E-state index contributed by atoms with van der Waals surface area (Å²) in [6.45, 7) is -0.342. The third-order valence-corrected chi connectivity index (χ3v) is 6.83. The fourth-order valence-corrected chi connectivity index (χ4v) is 5.22. The van der Waals surface area contributed by atoms with Gasteiger partial charge in [-0.2, -0.15) is 0 Å². The lowest BCUT2D eigenvalue weighted by molar-refractivity contribution is -0.150. The van der Waals surface area contributed by atoms with Crippen LogP contribution in [0.25, 0.3) is 0 Å². The van der Waals surface area contributed by atoms with Gasteiger partial charge in [0, 0.05) is 11.3 Å². The number of carbonyl (C=O) groups excluding carboxylic acids is 3. The van der Waals surface area contributed by atoms with Crippen LogP contribution in [0.4, 0.5) is 4.79 Å². The Balaban J connectivity index is 1.48. The highest BCUT2D eigenvalue weighted by Crippen LogP contribution is 2.40. The molecule has 1 saturated carbocycles. The first-order chi connectivity index (χ1) is 15.9. The Labute approximate surface area is 192 Å². The Bertz CT molecular complexity index is 1020. The van der Waals surface area contributed by atoms with Gasteiger partial charge in [-0.25, -0.2) is 9.59 Å². The zero-order chi connectivity index (χ0) is 23.5. The Morgan fingerprint density at radius 2 is 2.09 bits per heavy atom. The van der Waals surface area contributed by atoms with E-state index in [0.717, 1.165) is 30.6 Å². The number of carbonyl (C=O) groups is 4. The molecule has 1 aromatic heterocycles. The molecule has 2 fully saturated rings. The first-order valence-electron chi connectivity index (χ1n) is 10.3. The Kier molecular flexibility index (Phi) is 6.58. The summed E-state index contributed by atoms with van der Waals surface area (Å²) in [6.07, 6.45) is 4.00. The molecule has 3 aliphatic rings. The lowest BCUT2D eigenvalue weighted by atomic mass is 10.0. The number of nitrogens with two attached hydrogens (primary N) is 1. The second-order valence-electron chi connectivity index (χ2n) is 7.66. The van der Waals surface area contributed by atoms with Gasteiger partial charge in [0.25, 0.3) is 11.8 Å². The molecule has 2 aliphatic heterocycles. The van der Waals surface area contributed by atoms with E-state index < -0.39 is 35.3 Å². The maximum atomic E-state index is 13.0. The summed E-state index contributed by atoms with van der Waals surface area (Å²) < 4.78 is 9.99. The summed E-state index contributed by atoms with van der Waals surface area (Å²) in [7, 11) is 0. The Morgan fingerprint density at radius 1 is 1.33 bits per heavy atom. The van der Waals surface area contributed by atoms with Gasteiger partial charge >= 0.3 is 12.1 Å². The van der Waals surface area contributed by atoms with Crippen molar-refractivity contribution in [1.29, 1.82) is 0 Å². The number of thioether (sulfide) groups is 1. The van der Waals surface area contributed by atoms with E-state index in [1.165, 1.54) is 18.0 Å². The molecule has 1 saturated heterocycles. The molecule has 4 N–H and O–H groups in total. The summed E-state index contributed by atoms with van der Waals surface area (Å²) in [6, 6.07) is 2.18. The number of nitrogens with one attached hydrogen (secondary N) is 1. The molecule has 0 bridgehead atoms. The molecule has 4 rings (SSSR count). The van der Waals surface area contributed by atoms with Crippen LogP contribution in [0.3, 0.4) is 0 Å². The number of rotatable bonds is 8. The minimum atomic E-state index is -1.34. The average Bonchev–Trinajstić information content (AvgIpc) is 3.50. The second kappa shape index (κ2) is 9.57. The average molecular weight is 478 g/mol. The van der Waals surface area contributed by atoms with Gasteiger partial charge in [-0.05, 0) is 37.8 Å². The molecule has 176 valence electrons.